The van der Waals surface area contributed by atoms with E-state index < -0.39 is 0 Å². The first kappa shape index (κ1) is 18.0. The molecule has 6 heteroatoms. The third-order valence-electron chi connectivity index (χ3n) is 4.28. The minimum Gasteiger partial charge on any atom is -0.490 e. The van der Waals surface area contributed by atoms with Crippen LogP contribution in [-0.4, -0.2) is 37.8 Å². The molecule has 2 aliphatic heterocycles. The summed E-state index contributed by atoms with van der Waals surface area (Å²) in [6, 6.07) is 5.77. The molecule has 0 radical (unpaired) electrons. The Labute approximate surface area is 143 Å². The van der Waals surface area contributed by atoms with Crippen LogP contribution >= 0.6 is 12.4 Å². The number of hydrogen-bond donors (Lipinski definition) is 2. The van der Waals surface area contributed by atoms with Crippen LogP contribution in [0.5, 0.6) is 5.75 Å². The Balaban J connectivity index is 0.00000192. The Hall–Kier alpha value is -1.30. The number of anilines is 1. The summed E-state index contributed by atoms with van der Waals surface area (Å²) in [6.07, 6.45) is 4.08. The van der Waals surface area contributed by atoms with Gasteiger partial charge in [-0.05, 0) is 50.1 Å². The van der Waals surface area contributed by atoms with Crippen LogP contribution in [0.25, 0.3) is 0 Å². The first-order chi connectivity index (χ1) is 10.7. The van der Waals surface area contributed by atoms with Gasteiger partial charge in [0.25, 0.3) is 0 Å². The maximum absolute atomic E-state index is 12.1. The molecule has 1 aromatic rings. The molecule has 1 atom stereocenters. The lowest BCUT2D eigenvalue weighted by Gasteiger charge is -2.24. The molecule has 2 heterocycles. The van der Waals surface area contributed by atoms with Gasteiger partial charge in [0, 0.05) is 18.5 Å². The molecule has 0 saturated carbocycles. The van der Waals surface area contributed by atoms with Gasteiger partial charge in [0.1, 0.15) is 11.9 Å². The van der Waals surface area contributed by atoms with E-state index in [2.05, 4.69) is 10.6 Å². The Kier molecular flexibility index (Phi) is 6.69. The van der Waals surface area contributed by atoms with E-state index in [1.165, 1.54) is 0 Å². The fraction of sp³-hybridized carbons (Fsp3) is 0.588. The number of rotatable bonds is 4. The fourth-order valence-electron chi connectivity index (χ4n) is 2.97. The van der Waals surface area contributed by atoms with Crippen molar-refractivity contribution < 1.29 is 14.3 Å². The first-order valence-corrected chi connectivity index (χ1v) is 8.11. The average Bonchev–Trinajstić information content (AvgIpc) is 3.05. The lowest BCUT2D eigenvalue weighted by molar-refractivity contribution is -0.117. The molecule has 0 aromatic heterocycles. The predicted octanol–water partition coefficient (Wildman–Crippen LogP) is 2.67. The third kappa shape index (κ3) is 4.83. The molecule has 0 spiro atoms. The molecule has 0 aliphatic carbocycles. The molecule has 2 N–H and O–H groups in total. The summed E-state index contributed by atoms with van der Waals surface area (Å²) in [5.41, 5.74) is 1.87. The molecule has 0 bridgehead atoms. The predicted molar refractivity (Wildman–Crippen MR) is 92.6 cm³/mol. The molecule has 1 amide bonds. The Bertz CT molecular complexity index is 527. The normalized spacial score (nSPS) is 21.5. The number of carbonyl (C=O) groups excluding carboxylic acids is 1. The van der Waals surface area contributed by atoms with Gasteiger partial charge < -0.3 is 20.1 Å². The minimum atomic E-state index is -0.0570. The van der Waals surface area contributed by atoms with Crippen molar-refractivity contribution >= 4 is 24.0 Å². The monoisotopic (exact) mass is 340 g/mol. The van der Waals surface area contributed by atoms with Crippen molar-refractivity contribution in [3.05, 3.63) is 23.8 Å². The summed E-state index contributed by atoms with van der Waals surface area (Å²) in [7, 11) is 0. The zero-order valence-electron chi connectivity index (χ0n) is 13.5. The minimum absolute atomic E-state index is 0. The molecule has 1 unspecified atom stereocenters. The molecular weight excluding hydrogens is 316 g/mol. The Morgan fingerprint density at radius 3 is 2.74 bits per heavy atom. The highest BCUT2D eigenvalue weighted by Gasteiger charge is 2.22. The van der Waals surface area contributed by atoms with E-state index in [-0.39, 0.29) is 30.5 Å². The highest BCUT2D eigenvalue weighted by atomic mass is 35.5. The van der Waals surface area contributed by atoms with E-state index in [1.54, 1.807) is 0 Å². The smallest absolute Gasteiger partial charge is 0.241 e. The Morgan fingerprint density at radius 2 is 2.09 bits per heavy atom. The number of carbonyl (C=O) groups is 1. The van der Waals surface area contributed by atoms with Crippen LogP contribution in [-0.2, 0) is 9.53 Å². The molecule has 128 valence electrons. The van der Waals surface area contributed by atoms with Crippen molar-refractivity contribution in [1.29, 1.82) is 0 Å². The van der Waals surface area contributed by atoms with Gasteiger partial charge in [-0.15, -0.1) is 12.4 Å². The van der Waals surface area contributed by atoms with Gasteiger partial charge in [0.2, 0.25) is 5.91 Å². The summed E-state index contributed by atoms with van der Waals surface area (Å²) in [5, 5.41) is 6.19. The van der Waals surface area contributed by atoms with Crippen LogP contribution < -0.4 is 15.4 Å². The topological polar surface area (TPSA) is 59.6 Å². The number of aryl methyl sites for hydroxylation is 1. The van der Waals surface area contributed by atoms with Crippen molar-refractivity contribution in [3.8, 4) is 5.75 Å². The second-order valence-electron chi connectivity index (χ2n) is 6.05. The molecule has 5 nitrogen and oxygen atoms in total. The van der Waals surface area contributed by atoms with Crippen LogP contribution in [0.1, 0.15) is 31.2 Å². The van der Waals surface area contributed by atoms with E-state index in [9.17, 15) is 4.79 Å². The number of benzene rings is 1. The second kappa shape index (κ2) is 8.52. The molecule has 23 heavy (non-hydrogen) atoms. The summed E-state index contributed by atoms with van der Waals surface area (Å²) < 4.78 is 11.4. The zero-order chi connectivity index (χ0) is 15.4. The highest BCUT2D eigenvalue weighted by molar-refractivity contribution is 5.95. The fourth-order valence-corrected chi connectivity index (χ4v) is 2.97. The van der Waals surface area contributed by atoms with Gasteiger partial charge in [-0.2, -0.15) is 0 Å². The van der Waals surface area contributed by atoms with Crippen LogP contribution in [0.2, 0.25) is 0 Å². The van der Waals surface area contributed by atoms with Crippen LogP contribution in [0.3, 0.4) is 0 Å². The van der Waals surface area contributed by atoms with E-state index in [4.69, 9.17) is 9.47 Å². The van der Waals surface area contributed by atoms with Crippen LogP contribution in [0.15, 0.2) is 18.2 Å². The standard InChI is InChI=1S/C17H24N2O3.ClH/c1-12-11-13(19-17(20)15-3-2-8-18-15)4-5-16(12)22-14-6-9-21-10-7-14;/h4-5,11,14-15,18H,2-3,6-10H2,1H3,(H,19,20);1H. The molecule has 2 saturated heterocycles. The lowest BCUT2D eigenvalue weighted by Crippen LogP contribution is -2.35. The maximum Gasteiger partial charge on any atom is 0.241 e. The number of hydrogen-bond acceptors (Lipinski definition) is 4. The number of nitrogens with one attached hydrogen (secondary N) is 2. The van der Waals surface area contributed by atoms with Gasteiger partial charge in [-0.3, -0.25) is 4.79 Å². The van der Waals surface area contributed by atoms with Crippen LogP contribution in [0, 0.1) is 6.92 Å². The van der Waals surface area contributed by atoms with Crippen molar-refractivity contribution in [1.82, 2.24) is 5.32 Å². The molecular formula is C17H25ClN2O3. The van der Waals surface area contributed by atoms with E-state index in [0.29, 0.717) is 0 Å². The number of ether oxygens (including phenoxy) is 2. The molecule has 2 aliphatic rings. The quantitative estimate of drug-likeness (QED) is 0.884. The first-order valence-electron chi connectivity index (χ1n) is 8.11. The number of halogens is 1. The van der Waals surface area contributed by atoms with Crippen molar-refractivity contribution in [2.24, 2.45) is 0 Å². The summed E-state index contributed by atoms with van der Waals surface area (Å²) in [5.74, 6) is 0.943. The van der Waals surface area contributed by atoms with E-state index in [0.717, 1.165) is 62.4 Å². The van der Waals surface area contributed by atoms with Gasteiger partial charge in [-0.1, -0.05) is 0 Å². The Morgan fingerprint density at radius 1 is 1.30 bits per heavy atom. The molecule has 3 rings (SSSR count). The largest absolute Gasteiger partial charge is 0.490 e. The molecule has 2 fully saturated rings. The highest BCUT2D eigenvalue weighted by Crippen LogP contribution is 2.25. The van der Waals surface area contributed by atoms with Crippen molar-refractivity contribution in [2.45, 2.75) is 44.8 Å². The SMILES string of the molecule is Cc1cc(NC(=O)C2CCCN2)ccc1OC1CCOCC1.Cl. The summed E-state index contributed by atoms with van der Waals surface area (Å²) >= 11 is 0. The van der Waals surface area contributed by atoms with Gasteiger partial charge in [0.05, 0.1) is 19.3 Å². The van der Waals surface area contributed by atoms with Gasteiger partial charge >= 0.3 is 0 Å². The summed E-state index contributed by atoms with van der Waals surface area (Å²) in [6.45, 7) is 4.48. The molecule has 1 aromatic carbocycles. The van der Waals surface area contributed by atoms with Crippen molar-refractivity contribution in [2.75, 3.05) is 25.1 Å². The zero-order valence-corrected chi connectivity index (χ0v) is 14.3. The second-order valence-corrected chi connectivity index (χ2v) is 6.05. The van der Waals surface area contributed by atoms with Gasteiger partial charge in [-0.25, -0.2) is 0 Å². The lowest BCUT2D eigenvalue weighted by atomic mass is 10.1. The van der Waals surface area contributed by atoms with Gasteiger partial charge in [0.15, 0.2) is 0 Å². The average molecular weight is 341 g/mol. The third-order valence-corrected chi connectivity index (χ3v) is 4.28. The van der Waals surface area contributed by atoms with E-state index in [1.807, 2.05) is 25.1 Å². The van der Waals surface area contributed by atoms with Crippen molar-refractivity contribution in [3.63, 3.8) is 0 Å². The maximum atomic E-state index is 12.1. The number of amides is 1. The summed E-state index contributed by atoms with van der Waals surface area (Å²) in [4.78, 5) is 12.1. The van der Waals surface area contributed by atoms with Crippen LogP contribution in [0.4, 0.5) is 5.69 Å². The van der Waals surface area contributed by atoms with E-state index >= 15 is 0 Å².